The quantitative estimate of drug-likeness (QED) is 0.671. The summed E-state index contributed by atoms with van der Waals surface area (Å²) in [5.74, 6) is 0.959. The van der Waals surface area contributed by atoms with E-state index >= 15 is 0 Å². The Morgan fingerprint density at radius 3 is 2.73 bits per heavy atom. The molecule has 2 rings (SSSR count). The first-order valence-corrected chi connectivity index (χ1v) is 5.49. The number of carbonyl (C=O) groups excluding carboxylic acids is 1. The Morgan fingerprint density at radius 1 is 1.27 bits per heavy atom. The predicted molar refractivity (Wildman–Crippen MR) is 64.5 cm³/mol. The van der Waals surface area contributed by atoms with E-state index in [1.54, 1.807) is 12.1 Å². The number of benzene rings is 1. The molecule has 2 nitrogen and oxygen atoms in total. The van der Waals surface area contributed by atoms with Crippen molar-refractivity contribution >= 4 is 34.8 Å². The smallest absolute Gasteiger partial charge is 0.185 e. The van der Waals surface area contributed by atoms with Gasteiger partial charge in [-0.05, 0) is 34.1 Å². The fourth-order valence-corrected chi connectivity index (χ4v) is 1.90. The average molecular weight is 283 g/mol. The summed E-state index contributed by atoms with van der Waals surface area (Å²) in [6, 6.07) is 9.07. The van der Waals surface area contributed by atoms with Gasteiger partial charge in [-0.25, -0.2) is 0 Å². The second kappa shape index (κ2) is 4.24. The van der Waals surface area contributed by atoms with Gasteiger partial charge in [0.05, 0.1) is 0 Å². The van der Waals surface area contributed by atoms with Crippen LogP contribution in [-0.2, 0) is 0 Å². The number of aldehydes is 1. The summed E-state index contributed by atoms with van der Waals surface area (Å²) in [4.78, 5) is 11.3. The highest BCUT2D eigenvalue weighted by molar-refractivity contribution is 9.10. The Morgan fingerprint density at radius 2 is 2.07 bits per heavy atom. The van der Waals surface area contributed by atoms with Crippen LogP contribution in [0.15, 0.2) is 44.1 Å². The minimum Gasteiger partial charge on any atom is -0.453 e. The summed E-state index contributed by atoms with van der Waals surface area (Å²) < 4.78 is 6.21. The van der Waals surface area contributed by atoms with Crippen LogP contribution in [0, 0.1) is 0 Å². The van der Waals surface area contributed by atoms with Gasteiger partial charge in [-0.3, -0.25) is 4.79 Å². The Balaban J connectivity index is 2.53. The Labute approximate surface area is 101 Å². The number of carbonyl (C=O) groups is 1. The van der Waals surface area contributed by atoms with Crippen LogP contribution < -0.4 is 0 Å². The van der Waals surface area contributed by atoms with Crippen molar-refractivity contribution in [3.05, 3.63) is 40.6 Å². The fraction of sp³-hybridized carbons (Fsp3) is 0. The molecule has 76 valence electrons. The minimum absolute atomic E-state index is 0.317. The number of thiol groups is 1. The molecule has 0 fully saturated rings. The zero-order valence-electron chi connectivity index (χ0n) is 7.61. The molecule has 0 amide bonds. The second-order valence-corrected chi connectivity index (χ2v) is 4.26. The van der Waals surface area contributed by atoms with Crippen molar-refractivity contribution < 1.29 is 9.21 Å². The monoisotopic (exact) mass is 282 g/mol. The largest absolute Gasteiger partial charge is 0.453 e. The molecule has 1 heterocycles. The molecule has 1 aromatic heterocycles. The highest BCUT2D eigenvalue weighted by Crippen LogP contribution is 2.32. The fourth-order valence-electron chi connectivity index (χ4n) is 1.28. The molecule has 0 aliphatic carbocycles. The lowest BCUT2D eigenvalue weighted by molar-refractivity contribution is 0.110. The van der Waals surface area contributed by atoms with Crippen molar-refractivity contribution in [3.63, 3.8) is 0 Å². The van der Waals surface area contributed by atoms with E-state index in [1.807, 2.05) is 18.2 Å². The van der Waals surface area contributed by atoms with Crippen LogP contribution in [-0.4, -0.2) is 6.29 Å². The first-order valence-electron chi connectivity index (χ1n) is 4.25. The number of hydrogen-bond acceptors (Lipinski definition) is 3. The molecule has 0 unspecified atom stereocenters. The van der Waals surface area contributed by atoms with Crippen LogP contribution in [0.1, 0.15) is 10.6 Å². The lowest BCUT2D eigenvalue weighted by Crippen LogP contribution is -1.78. The van der Waals surface area contributed by atoms with Crippen LogP contribution in [0.3, 0.4) is 0 Å². The molecule has 1 aromatic carbocycles. The van der Waals surface area contributed by atoms with Crippen molar-refractivity contribution in [1.29, 1.82) is 0 Å². The molecule has 0 atom stereocenters. The molecule has 4 heteroatoms. The third-order valence-electron chi connectivity index (χ3n) is 2.00. The van der Waals surface area contributed by atoms with Gasteiger partial charge in [0.1, 0.15) is 5.76 Å². The maximum atomic E-state index is 10.5. The van der Waals surface area contributed by atoms with Crippen molar-refractivity contribution in [2.75, 3.05) is 0 Å². The van der Waals surface area contributed by atoms with Gasteiger partial charge >= 0.3 is 0 Å². The summed E-state index contributed by atoms with van der Waals surface area (Å²) in [5, 5.41) is 0. The lowest BCUT2D eigenvalue weighted by Gasteiger charge is -2.02. The van der Waals surface area contributed by atoms with E-state index in [-0.39, 0.29) is 0 Å². The van der Waals surface area contributed by atoms with Crippen LogP contribution in [0.5, 0.6) is 0 Å². The molecule has 0 saturated heterocycles. The van der Waals surface area contributed by atoms with Crippen molar-refractivity contribution in [2.45, 2.75) is 4.90 Å². The van der Waals surface area contributed by atoms with Crippen LogP contribution >= 0.6 is 28.6 Å². The predicted octanol–water partition coefficient (Wildman–Crippen LogP) is 3.81. The van der Waals surface area contributed by atoms with Crippen molar-refractivity contribution in [1.82, 2.24) is 0 Å². The zero-order chi connectivity index (χ0) is 10.8. The standard InChI is InChI=1S/C11H7BrO2S/c12-9-3-1-2-8(11(9)15)10-5-4-7(6-13)14-10/h1-6,15H. The molecule has 0 aliphatic heterocycles. The van der Waals surface area contributed by atoms with E-state index in [1.165, 1.54) is 0 Å². The SMILES string of the molecule is O=Cc1ccc(-c2cccc(Br)c2S)o1. The van der Waals surface area contributed by atoms with E-state index in [9.17, 15) is 4.79 Å². The van der Waals surface area contributed by atoms with Crippen molar-refractivity contribution in [3.8, 4) is 11.3 Å². The number of rotatable bonds is 2. The van der Waals surface area contributed by atoms with Gasteiger partial charge in [0.2, 0.25) is 0 Å². The Bertz CT molecular complexity index is 505. The van der Waals surface area contributed by atoms with Crippen molar-refractivity contribution in [2.24, 2.45) is 0 Å². The van der Waals surface area contributed by atoms with E-state index in [0.717, 1.165) is 14.9 Å². The van der Waals surface area contributed by atoms with E-state index in [2.05, 4.69) is 28.6 Å². The molecule has 0 radical (unpaired) electrons. The number of hydrogen-bond donors (Lipinski definition) is 1. The third-order valence-corrected chi connectivity index (χ3v) is 3.44. The first-order chi connectivity index (χ1) is 7.22. The summed E-state index contributed by atoms with van der Waals surface area (Å²) >= 11 is 7.75. The highest BCUT2D eigenvalue weighted by Gasteiger charge is 2.09. The zero-order valence-corrected chi connectivity index (χ0v) is 10.1. The van der Waals surface area contributed by atoms with Gasteiger partial charge in [0.25, 0.3) is 0 Å². The molecule has 0 aliphatic rings. The Kier molecular flexibility index (Phi) is 2.98. The van der Waals surface area contributed by atoms with Crippen LogP contribution in [0.4, 0.5) is 0 Å². The third kappa shape index (κ3) is 2.01. The topological polar surface area (TPSA) is 30.2 Å². The molecule has 0 saturated carbocycles. The van der Waals surface area contributed by atoms with Gasteiger partial charge in [-0.1, -0.05) is 12.1 Å². The molecule has 0 spiro atoms. The molecule has 0 bridgehead atoms. The lowest BCUT2D eigenvalue weighted by atomic mass is 10.2. The molecular formula is C11H7BrO2S. The maximum Gasteiger partial charge on any atom is 0.185 e. The second-order valence-electron chi connectivity index (χ2n) is 2.96. The van der Waals surface area contributed by atoms with Gasteiger partial charge < -0.3 is 4.42 Å². The molecule has 0 N–H and O–H groups in total. The summed E-state index contributed by atoms with van der Waals surface area (Å²) in [6.45, 7) is 0. The molecule has 2 aromatic rings. The van der Waals surface area contributed by atoms with Crippen LogP contribution in [0.2, 0.25) is 0 Å². The van der Waals surface area contributed by atoms with Gasteiger partial charge in [-0.2, -0.15) is 0 Å². The number of furan rings is 1. The minimum atomic E-state index is 0.317. The van der Waals surface area contributed by atoms with E-state index < -0.39 is 0 Å². The van der Waals surface area contributed by atoms with E-state index in [0.29, 0.717) is 17.8 Å². The van der Waals surface area contributed by atoms with E-state index in [4.69, 9.17) is 4.42 Å². The van der Waals surface area contributed by atoms with Crippen LogP contribution in [0.25, 0.3) is 11.3 Å². The Hall–Kier alpha value is -1.00. The summed E-state index contributed by atoms with van der Waals surface area (Å²) in [5.41, 5.74) is 0.862. The highest BCUT2D eigenvalue weighted by atomic mass is 79.9. The summed E-state index contributed by atoms with van der Waals surface area (Å²) in [6.07, 6.45) is 0.680. The molecular weight excluding hydrogens is 276 g/mol. The molecule has 15 heavy (non-hydrogen) atoms. The first kappa shape index (κ1) is 10.5. The van der Waals surface area contributed by atoms with Gasteiger partial charge in [-0.15, -0.1) is 12.6 Å². The maximum absolute atomic E-state index is 10.5. The average Bonchev–Trinajstić information content (AvgIpc) is 2.70. The summed E-state index contributed by atoms with van der Waals surface area (Å²) in [7, 11) is 0. The van der Waals surface area contributed by atoms with Gasteiger partial charge in [0, 0.05) is 14.9 Å². The number of halogens is 1. The normalized spacial score (nSPS) is 10.3. The van der Waals surface area contributed by atoms with Gasteiger partial charge in [0.15, 0.2) is 12.0 Å².